The molecule has 76 valence electrons. The molecule has 0 bridgehead atoms. The number of benzene rings is 1. The molecule has 0 aliphatic carbocycles. The first-order valence-electron chi connectivity index (χ1n) is 3.23. The summed E-state index contributed by atoms with van der Waals surface area (Å²) in [7, 11) is 0. The number of halogens is 2. The molecule has 0 aromatic heterocycles. The average Bonchev–Trinajstić information content (AvgIpc) is 2.11. The topological polar surface area (TPSA) is 98.0 Å². The van der Waals surface area contributed by atoms with Crippen LogP contribution in [-0.4, -0.2) is 26.4 Å². The Kier molecular flexibility index (Phi) is 2.64. The van der Waals surface area contributed by atoms with Crippen LogP contribution in [0.1, 0.15) is 10.4 Å². The molecule has 1 rings (SSSR count). The number of aromatic hydroxyl groups is 3. The van der Waals surface area contributed by atoms with Gasteiger partial charge in [0, 0.05) is 0 Å². The van der Waals surface area contributed by atoms with E-state index in [1.165, 1.54) is 0 Å². The molecule has 0 saturated carbocycles. The number of rotatable bonds is 1. The lowest BCUT2D eigenvalue weighted by Crippen LogP contribution is -1.99. The van der Waals surface area contributed by atoms with Gasteiger partial charge in [-0.2, -0.15) is 0 Å². The van der Waals surface area contributed by atoms with Gasteiger partial charge in [-0.3, -0.25) is 0 Å². The Hall–Kier alpha value is -1.33. The number of phenols is 3. The molecule has 14 heavy (non-hydrogen) atoms. The van der Waals surface area contributed by atoms with Gasteiger partial charge >= 0.3 is 5.97 Å². The molecule has 7 heteroatoms. The van der Waals surface area contributed by atoms with Gasteiger partial charge in [-0.1, -0.05) is 23.2 Å². The summed E-state index contributed by atoms with van der Waals surface area (Å²) in [6.07, 6.45) is 0. The van der Waals surface area contributed by atoms with Crippen LogP contribution in [0, 0.1) is 0 Å². The summed E-state index contributed by atoms with van der Waals surface area (Å²) in [4.78, 5) is 10.6. The maximum Gasteiger partial charge on any atom is 0.339 e. The molecule has 5 nitrogen and oxygen atoms in total. The van der Waals surface area contributed by atoms with E-state index in [2.05, 4.69) is 0 Å². The molecule has 0 saturated heterocycles. The highest BCUT2D eigenvalue weighted by Gasteiger charge is 2.25. The number of aromatic carboxylic acids is 1. The standard InChI is InChI=1S/C7H4Cl2O5/c8-2-1(7(13)14)3(9)5(11)6(12)4(2)10/h10-12H,(H,13,14). The van der Waals surface area contributed by atoms with E-state index in [4.69, 9.17) is 43.6 Å². The largest absolute Gasteiger partial charge is 0.503 e. The normalized spacial score (nSPS) is 10.1. The highest BCUT2D eigenvalue weighted by Crippen LogP contribution is 2.47. The summed E-state index contributed by atoms with van der Waals surface area (Å²) in [5, 5.41) is 34.5. The first-order chi connectivity index (χ1) is 6.37. The van der Waals surface area contributed by atoms with Gasteiger partial charge in [0.2, 0.25) is 5.75 Å². The number of phenolic OH excluding ortho intramolecular Hbond substituents is 3. The molecule has 0 atom stereocenters. The van der Waals surface area contributed by atoms with Crippen molar-refractivity contribution in [3.63, 3.8) is 0 Å². The van der Waals surface area contributed by atoms with Crippen molar-refractivity contribution in [3.8, 4) is 17.2 Å². The minimum absolute atomic E-state index is 0.627. The van der Waals surface area contributed by atoms with E-state index < -0.39 is 38.8 Å². The van der Waals surface area contributed by atoms with E-state index in [1.807, 2.05) is 0 Å². The molecule has 0 radical (unpaired) electrons. The minimum atomic E-state index is -1.52. The fourth-order valence-electron chi connectivity index (χ4n) is 0.841. The van der Waals surface area contributed by atoms with Crippen LogP contribution in [-0.2, 0) is 0 Å². The molecule has 0 aliphatic heterocycles. The van der Waals surface area contributed by atoms with Crippen LogP contribution in [0.4, 0.5) is 0 Å². The Morgan fingerprint density at radius 3 is 1.57 bits per heavy atom. The summed E-state index contributed by atoms with van der Waals surface area (Å²) in [6, 6.07) is 0. The number of carbonyl (C=O) groups is 1. The van der Waals surface area contributed by atoms with Crippen LogP contribution in [0.2, 0.25) is 10.0 Å². The summed E-state index contributed by atoms with van der Waals surface area (Å²) in [5.74, 6) is -4.33. The van der Waals surface area contributed by atoms with Crippen molar-refractivity contribution in [2.24, 2.45) is 0 Å². The quantitative estimate of drug-likeness (QED) is 0.560. The lowest BCUT2D eigenvalue weighted by molar-refractivity contribution is 0.0696. The maximum atomic E-state index is 10.6. The molecule has 0 spiro atoms. The van der Waals surface area contributed by atoms with Crippen LogP contribution in [0.3, 0.4) is 0 Å². The predicted molar refractivity (Wildman–Crippen MR) is 48.4 cm³/mol. The van der Waals surface area contributed by atoms with E-state index in [-0.39, 0.29) is 0 Å². The van der Waals surface area contributed by atoms with E-state index in [1.54, 1.807) is 0 Å². The third-order valence-corrected chi connectivity index (χ3v) is 2.25. The first kappa shape index (κ1) is 10.7. The van der Waals surface area contributed by atoms with Gasteiger partial charge in [-0.05, 0) is 0 Å². The molecular formula is C7H4Cl2O5. The summed E-state index contributed by atoms with van der Waals surface area (Å²) >= 11 is 10.8. The zero-order valence-electron chi connectivity index (χ0n) is 6.45. The van der Waals surface area contributed by atoms with Crippen molar-refractivity contribution in [1.82, 2.24) is 0 Å². The Balaban J connectivity index is 3.68. The molecule has 0 amide bonds. The second kappa shape index (κ2) is 3.43. The summed E-state index contributed by atoms with van der Waals surface area (Å²) < 4.78 is 0. The van der Waals surface area contributed by atoms with Crippen LogP contribution in [0.5, 0.6) is 17.2 Å². The summed E-state index contributed by atoms with van der Waals surface area (Å²) in [5.41, 5.74) is -0.666. The average molecular weight is 239 g/mol. The number of hydrogen-bond donors (Lipinski definition) is 4. The van der Waals surface area contributed by atoms with Crippen LogP contribution >= 0.6 is 23.2 Å². The smallest absolute Gasteiger partial charge is 0.339 e. The highest BCUT2D eigenvalue weighted by atomic mass is 35.5. The Morgan fingerprint density at radius 2 is 1.29 bits per heavy atom. The predicted octanol–water partition coefficient (Wildman–Crippen LogP) is 1.81. The van der Waals surface area contributed by atoms with Gasteiger partial charge in [0.05, 0.1) is 0 Å². The molecule has 1 aromatic rings. The molecule has 0 unspecified atom stereocenters. The minimum Gasteiger partial charge on any atom is -0.503 e. The fraction of sp³-hybridized carbons (Fsp3) is 0. The van der Waals surface area contributed by atoms with Crippen LogP contribution in [0.25, 0.3) is 0 Å². The zero-order valence-corrected chi connectivity index (χ0v) is 7.96. The zero-order chi connectivity index (χ0) is 11.0. The van der Waals surface area contributed by atoms with Crippen molar-refractivity contribution in [1.29, 1.82) is 0 Å². The van der Waals surface area contributed by atoms with Gasteiger partial charge in [0.25, 0.3) is 0 Å². The van der Waals surface area contributed by atoms with Crippen LogP contribution in [0.15, 0.2) is 0 Å². The van der Waals surface area contributed by atoms with Crippen molar-refractivity contribution >= 4 is 29.2 Å². The van der Waals surface area contributed by atoms with E-state index >= 15 is 0 Å². The van der Waals surface area contributed by atoms with Crippen LogP contribution < -0.4 is 0 Å². The Morgan fingerprint density at radius 1 is 0.929 bits per heavy atom. The number of hydrogen-bond acceptors (Lipinski definition) is 4. The van der Waals surface area contributed by atoms with E-state index in [9.17, 15) is 4.79 Å². The van der Waals surface area contributed by atoms with Crippen molar-refractivity contribution in [2.75, 3.05) is 0 Å². The van der Waals surface area contributed by atoms with Crippen molar-refractivity contribution in [3.05, 3.63) is 15.6 Å². The number of carboxylic acids is 1. The fourth-order valence-corrected chi connectivity index (χ4v) is 1.42. The van der Waals surface area contributed by atoms with E-state index in [0.29, 0.717) is 0 Å². The first-order valence-corrected chi connectivity index (χ1v) is 3.98. The Bertz CT molecular complexity index is 386. The van der Waals surface area contributed by atoms with Gasteiger partial charge in [0.15, 0.2) is 11.5 Å². The third-order valence-electron chi connectivity index (χ3n) is 1.52. The second-order valence-electron chi connectivity index (χ2n) is 2.35. The third kappa shape index (κ3) is 1.40. The molecular weight excluding hydrogens is 235 g/mol. The Labute approximate surface area is 87.7 Å². The van der Waals surface area contributed by atoms with Gasteiger partial charge < -0.3 is 20.4 Å². The molecule has 0 heterocycles. The molecule has 1 aromatic carbocycles. The highest BCUT2D eigenvalue weighted by molar-refractivity contribution is 6.41. The van der Waals surface area contributed by atoms with Crippen molar-refractivity contribution in [2.45, 2.75) is 0 Å². The monoisotopic (exact) mass is 238 g/mol. The number of carboxylic acid groups (broad SMARTS) is 1. The van der Waals surface area contributed by atoms with Gasteiger partial charge in [-0.15, -0.1) is 0 Å². The lowest BCUT2D eigenvalue weighted by Gasteiger charge is -2.08. The maximum absolute atomic E-state index is 10.6. The van der Waals surface area contributed by atoms with Crippen molar-refractivity contribution < 1.29 is 25.2 Å². The second-order valence-corrected chi connectivity index (χ2v) is 3.11. The SMILES string of the molecule is O=C(O)c1c(Cl)c(O)c(O)c(O)c1Cl. The van der Waals surface area contributed by atoms with Gasteiger partial charge in [-0.25, -0.2) is 4.79 Å². The molecule has 0 fully saturated rings. The lowest BCUT2D eigenvalue weighted by atomic mass is 10.2. The van der Waals surface area contributed by atoms with Gasteiger partial charge in [0.1, 0.15) is 15.6 Å². The van der Waals surface area contributed by atoms with E-state index in [0.717, 1.165) is 0 Å². The summed E-state index contributed by atoms with van der Waals surface area (Å²) in [6.45, 7) is 0. The molecule has 4 N–H and O–H groups in total. The molecule has 0 aliphatic rings.